The van der Waals surface area contributed by atoms with E-state index in [-0.39, 0.29) is 12.1 Å². The highest BCUT2D eigenvalue weighted by Crippen LogP contribution is 2.68. The van der Waals surface area contributed by atoms with Crippen molar-refractivity contribution in [2.45, 2.75) is 112 Å². The number of rotatable bonds is 5. The summed E-state index contributed by atoms with van der Waals surface area (Å²) in [5.74, 6) is 6.37. The average Bonchev–Trinajstić information content (AvgIpc) is 3.08. The number of hydrogen-bond donors (Lipinski definition) is 0. The van der Waals surface area contributed by atoms with Gasteiger partial charge in [0.15, 0.2) is 0 Å². The van der Waals surface area contributed by atoms with Crippen LogP contribution >= 0.6 is 0 Å². The van der Waals surface area contributed by atoms with Crippen molar-refractivity contribution in [2.75, 3.05) is 0 Å². The van der Waals surface area contributed by atoms with E-state index in [0.29, 0.717) is 22.7 Å². The molecule has 6 unspecified atom stereocenters. The van der Waals surface area contributed by atoms with Crippen LogP contribution in [0.4, 0.5) is 0 Å². The average molecular weight is 443 g/mol. The number of carbonyl (C=O) groups is 1. The van der Waals surface area contributed by atoms with Gasteiger partial charge in [-0.1, -0.05) is 53.7 Å². The lowest BCUT2D eigenvalue weighted by atomic mass is 9.44. The molecule has 4 aliphatic rings. The molecule has 32 heavy (non-hydrogen) atoms. The van der Waals surface area contributed by atoms with Crippen molar-refractivity contribution in [3.05, 3.63) is 12.2 Å². The molecular formula is C30H50O2. The van der Waals surface area contributed by atoms with Crippen molar-refractivity contribution >= 4 is 5.97 Å². The maximum absolute atomic E-state index is 11.5. The second kappa shape index (κ2) is 9.10. The van der Waals surface area contributed by atoms with Gasteiger partial charge in [-0.3, -0.25) is 4.79 Å². The zero-order chi connectivity index (χ0) is 23.3. The summed E-state index contributed by atoms with van der Waals surface area (Å²) in [7, 11) is 0. The van der Waals surface area contributed by atoms with Gasteiger partial charge in [0.1, 0.15) is 6.10 Å². The van der Waals surface area contributed by atoms with Crippen LogP contribution in [0.2, 0.25) is 0 Å². The van der Waals surface area contributed by atoms with E-state index in [1.807, 2.05) is 0 Å². The Labute approximate surface area is 198 Å². The molecule has 0 heterocycles. The molecule has 0 bridgehead atoms. The third kappa shape index (κ3) is 4.22. The van der Waals surface area contributed by atoms with Crippen molar-refractivity contribution in [2.24, 2.45) is 58.2 Å². The van der Waals surface area contributed by atoms with Crippen LogP contribution in [0.25, 0.3) is 0 Å². The molecule has 0 saturated heterocycles. The van der Waals surface area contributed by atoms with Crippen molar-refractivity contribution < 1.29 is 9.53 Å². The van der Waals surface area contributed by atoms with Crippen molar-refractivity contribution in [1.82, 2.24) is 0 Å². The molecule has 0 aromatic heterocycles. The van der Waals surface area contributed by atoms with Gasteiger partial charge in [0.05, 0.1) is 0 Å². The number of esters is 1. The van der Waals surface area contributed by atoms with Crippen LogP contribution in [-0.4, -0.2) is 12.1 Å². The lowest BCUT2D eigenvalue weighted by Gasteiger charge is -2.61. The van der Waals surface area contributed by atoms with E-state index in [1.165, 1.54) is 44.9 Å². The summed E-state index contributed by atoms with van der Waals surface area (Å²) in [5.41, 5.74) is 1.00. The fourth-order valence-electron chi connectivity index (χ4n) is 9.17. The summed E-state index contributed by atoms with van der Waals surface area (Å²) in [5, 5.41) is 0. The minimum absolute atomic E-state index is 0.0938. The number of hydrogen-bond acceptors (Lipinski definition) is 2. The summed E-state index contributed by atoms with van der Waals surface area (Å²) in [6.45, 7) is 16.4. The molecule has 4 fully saturated rings. The second-order valence-electron chi connectivity index (χ2n) is 13.2. The monoisotopic (exact) mass is 442 g/mol. The van der Waals surface area contributed by atoms with Crippen LogP contribution in [0.3, 0.4) is 0 Å². The highest BCUT2D eigenvalue weighted by molar-refractivity contribution is 5.66. The Balaban J connectivity index is 1.46. The van der Waals surface area contributed by atoms with Gasteiger partial charge in [0, 0.05) is 6.92 Å². The molecule has 4 aliphatic carbocycles. The quantitative estimate of drug-likeness (QED) is 0.318. The first-order valence-electron chi connectivity index (χ1n) is 13.9. The van der Waals surface area contributed by atoms with Gasteiger partial charge in [-0.25, -0.2) is 0 Å². The van der Waals surface area contributed by atoms with Crippen LogP contribution in [0, 0.1) is 58.2 Å². The highest BCUT2D eigenvalue weighted by Gasteiger charge is 2.60. The normalized spacial score (nSPS) is 45.8. The van der Waals surface area contributed by atoms with Crippen molar-refractivity contribution in [3.63, 3.8) is 0 Å². The van der Waals surface area contributed by atoms with Gasteiger partial charge >= 0.3 is 5.97 Å². The maximum atomic E-state index is 11.5. The standard InChI is InChI=1S/C30H50O2/c1-19(2)20(3)8-9-21(4)26-12-13-27-25-11-10-23-18-24(32-22(5)31)14-16-29(23,6)28(25)15-17-30(26,27)7/h8-9,19-21,23-28H,10-18H2,1-7H3/b9-8+/t20-,21+,23-,24?,25?,26?,27?,28?,29+,30?/m0/s1. The zero-order valence-electron chi connectivity index (χ0n) is 22.0. The summed E-state index contributed by atoms with van der Waals surface area (Å²) in [6.07, 6.45) is 17.2. The molecule has 0 N–H and O–H groups in total. The van der Waals surface area contributed by atoms with Crippen LogP contribution in [-0.2, 0) is 9.53 Å². The first kappa shape index (κ1) is 24.3. The predicted octanol–water partition coefficient (Wildman–Crippen LogP) is 8.06. The van der Waals surface area contributed by atoms with Crippen molar-refractivity contribution in [3.8, 4) is 0 Å². The first-order chi connectivity index (χ1) is 15.1. The highest BCUT2D eigenvalue weighted by atomic mass is 16.5. The fourth-order valence-corrected chi connectivity index (χ4v) is 9.17. The van der Waals surface area contributed by atoms with Gasteiger partial charge < -0.3 is 4.74 Å². The molecule has 4 rings (SSSR count). The van der Waals surface area contributed by atoms with Gasteiger partial charge in [0.25, 0.3) is 0 Å². The van der Waals surface area contributed by atoms with Gasteiger partial charge in [0.2, 0.25) is 0 Å². The van der Waals surface area contributed by atoms with E-state index in [1.54, 1.807) is 6.92 Å². The van der Waals surface area contributed by atoms with Crippen LogP contribution in [0.5, 0.6) is 0 Å². The topological polar surface area (TPSA) is 26.3 Å². The molecule has 10 atom stereocenters. The molecule has 2 heteroatoms. The Morgan fingerprint density at radius 3 is 2.25 bits per heavy atom. The maximum Gasteiger partial charge on any atom is 0.302 e. The molecule has 0 amide bonds. The predicted molar refractivity (Wildman–Crippen MR) is 133 cm³/mol. The fraction of sp³-hybridized carbons (Fsp3) is 0.900. The minimum atomic E-state index is -0.0938. The third-order valence-electron chi connectivity index (χ3n) is 11.4. The van der Waals surface area contributed by atoms with Gasteiger partial charge in [-0.2, -0.15) is 0 Å². The zero-order valence-corrected chi connectivity index (χ0v) is 22.0. The molecule has 2 nitrogen and oxygen atoms in total. The number of carbonyl (C=O) groups excluding carboxylic acids is 1. The van der Waals surface area contributed by atoms with Gasteiger partial charge in [-0.05, 0) is 116 Å². The van der Waals surface area contributed by atoms with Crippen LogP contribution < -0.4 is 0 Å². The van der Waals surface area contributed by atoms with Crippen LogP contribution in [0.15, 0.2) is 12.2 Å². The molecule has 0 spiro atoms. The second-order valence-corrected chi connectivity index (χ2v) is 13.2. The summed E-state index contributed by atoms with van der Waals surface area (Å²) >= 11 is 0. The Morgan fingerprint density at radius 1 is 0.875 bits per heavy atom. The van der Waals surface area contributed by atoms with E-state index >= 15 is 0 Å². The lowest BCUT2D eigenvalue weighted by molar-refractivity contribution is -0.160. The van der Waals surface area contributed by atoms with Gasteiger partial charge in [-0.15, -0.1) is 0 Å². The first-order valence-corrected chi connectivity index (χ1v) is 13.9. The number of fused-ring (bicyclic) bond motifs is 5. The van der Waals surface area contributed by atoms with Crippen LogP contribution in [0.1, 0.15) is 106 Å². The molecule has 0 aromatic carbocycles. The summed E-state index contributed by atoms with van der Waals surface area (Å²) < 4.78 is 5.66. The molecule has 0 aromatic rings. The molecular weight excluding hydrogens is 392 g/mol. The Morgan fingerprint density at radius 2 is 1.56 bits per heavy atom. The van der Waals surface area contributed by atoms with E-state index in [2.05, 4.69) is 53.7 Å². The smallest absolute Gasteiger partial charge is 0.302 e. The summed E-state index contributed by atoms with van der Waals surface area (Å²) in [6, 6.07) is 0. The molecule has 182 valence electrons. The Hall–Kier alpha value is -0.790. The lowest BCUT2D eigenvalue weighted by Crippen LogP contribution is -2.54. The number of ether oxygens (including phenoxy) is 1. The molecule has 0 radical (unpaired) electrons. The minimum Gasteiger partial charge on any atom is -0.463 e. The van der Waals surface area contributed by atoms with E-state index in [4.69, 9.17) is 4.74 Å². The van der Waals surface area contributed by atoms with Crippen molar-refractivity contribution in [1.29, 1.82) is 0 Å². The van der Waals surface area contributed by atoms with E-state index < -0.39 is 0 Å². The molecule has 4 saturated carbocycles. The number of allylic oxidation sites excluding steroid dienone is 2. The Bertz CT molecular complexity index is 710. The largest absolute Gasteiger partial charge is 0.463 e. The molecule has 0 aliphatic heterocycles. The SMILES string of the molecule is CC(=O)OC1CC[C@@]2(C)C3CCC4(C)C(CCC4[C@H](C)/C=C/[C@H](C)C(C)C)C3CC[C@H]2C1. The Kier molecular flexibility index (Phi) is 6.92. The van der Waals surface area contributed by atoms with E-state index in [0.717, 1.165) is 48.3 Å². The summed E-state index contributed by atoms with van der Waals surface area (Å²) in [4.78, 5) is 11.5. The third-order valence-corrected chi connectivity index (χ3v) is 11.4. The van der Waals surface area contributed by atoms with E-state index in [9.17, 15) is 4.79 Å².